The van der Waals surface area contributed by atoms with Crippen LogP contribution in [0, 0.1) is 0 Å². The molecule has 0 saturated heterocycles. The predicted molar refractivity (Wildman–Crippen MR) is 280 cm³/mol. The number of fused-ring (bicyclic) bond motifs is 7. The Morgan fingerprint density at radius 1 is 0.412 bits per heavy atom. The first kappa shape index (κ1) is 39.4. The first-order valence-electron chi connectivity index (χ1n) is 23.2. The molecule has 1 aliphatic rings. The Hall–Kier alpha value is -8.93. The van der Waals surface area contributed by atoms with Crippen molar-refractivity contribution in [3.8, 4) is 73.0 Å². The minimum atomic E-state index is 0.0160. The van der Waals surface area contributed by atoms with Crippen LogP contribution in [0.5, 0.6) is 0 Å². The molecule has 12 aromatic rings. The molecule has 9 aromatic carbocycles. The Morgan fingerprint density at radius 3 is 1.54 bits per heavy atom. The molecule has 3 heterocycles. The van der Waals surface area contributed by atoms with E-state index in [0.29, 0.717) is 11.6 Å². The van der Waals surface area contributed by atoms with Crippen molar-refractivity contribution in [2.75, 3.05) is 0 Å². The van der Waals surface area contributed by atoms with Crippen LogP contribution in [-0.4, -0.2) is 19.5 Å². The minimum absolute atomic E-state index is 0.0160. The largest absolute Gasteiger partial charge is 0.454 e. The minimum Gasteiger partial charge on any atom is -0.454 e. The number of allylic oxidation sites excluding steroid dienone is 4. The van der Waals surface area contributed by atoms with Gasteiger partial charge in [-0.05, 0) is 70.1 Å². The molecule has 0 spiro atoms. The van der Waals surface area contributed by atoms with Gasteiger partial charge in [-0.3, -0.25) is 0 Å². The van der Waals surface area contributed by atoms with Crippen LogP contribution in [0.1, 0.15) is 18.2 Å². The normalized spacial score (nSPS) is 13.6. The highest BCUT2D eigenvalue weighted by Crippen LogP contribution is 2.47. The smallest absolute Gasteiger partial charge is 0.163 e. The maximum atomic E-state index is 6.94. The molecule has 0 radical (unpaired) electrons. The number of nitrogens with zero attached hydrogens (tertiary/aromatic N) is 4. The third kappa shape index (κ3) is 6.83. The van der Waals surface area contributed by atoms with Crippen molar-refractivity contribution < 1.29 is 4.42 Å². The van der Waals surface area contributed by atoms with E-state index in [1.54, 1.807) is 0 Å². The number of aromatic nitrogens is 4. The molecule has 0 saturated carbocycles. The van der Waals surface area contributed by atoms with Gasteiger partial charge >= 0.3 is 0 Å². The molecule has 0 N–H and O–H groups in total. The summed E-state index contributed by atoms with van der Waals surface area (Å²) in [5.74, 6) is 2.03. The van der Waals surface area contributed by atoms with E-state index in [4.69, 9.17) is 19.4 Å². The lowest BCUT2D eigenvalue weighted by Gasteiger charge is -2.22. The molecule has 3 aromatic heterocycles. The lowest BCUT2D eigenvalue weighted by atomic mass is 9.91. The molecule has 5 heteroatoms. The number of benzene rings is 9. The van der Waals surface area contributed by atoms with Crippen LogP contribution in [0.2, 0.25) is 0 Å². The summed E-state index contributed by atoms with van der Waals surface area (Å²) in [7, 11) is 0. The molecule has 0 aliphatic heterocycles. The Balaban J connectivity index is 1.15. The lowest BCUT2D eigenvalue weighted by molar-refractivity contribution is 0.671. The Kier molecular flexibility index (Phi) is 9.57. The van der Waals surface area contributed by atoms with E-state index < -0.39 is 0 Å². The third-order valence-corrected chi connectivity index (χ3v) is 13.4. The summed E-state index contributed by atoms with van der Waals surface area (Å²) in [6.07, 6.45) is 9.37. The molecule has 68 heavy (non-hydrogen) atoms. The van der Waals surface area contributed by atoms with Crippen molar-refractivity contribution >= 4 is 43.7 Å². The molecule has 1 atom stereocenters. The van der Waals surface area contributed by atoms with E-state index in [-0.39, 0.29) is 5.92 Å². The zero-order chi connectivity index (χ0) is 45.0. The van der Waals surface area contributed by atoms with Crippen LogP contribution in [0.4, 0.5) is 0 Å². The highest BCUT2D eigenvalue weighted by Gasteiger charge is 2.26. The first-order chi connectivity index (χ1) is 33.7. The van der Waals surface area contributed by atoms with E-state index in [2.05, 4.69) is 217 Å². The van der Waals surface area contributed by atoms with E-state index in [1.165, 1.54) is 11.1 Å². The summed E-state index contributed by atoms with van der Waals surface area (Å²) in [5.41, 5.74) is 15.5. The number of hydrogen-bond acceptors (Lipinski definition) is 4. The molecule has 0 amide bonds. The van der Waals surface area contributed by atoms with Crippen LogP contribution >= 0.6 is 0 Å². The van der Waals surface area contributed by atoms with Gasteiger partial charge in [0.1, 0.15) is 11.4 Å². The van der Waals surface area contributed by atoms with Gasteiger partial charge in [0.25, 0.3) is 0 Å². The Bertz CT molecular complexity index is 3800. The second-order valence-corrected chi connectivity index (χ2v) is 17.5. The second-order valence-electron chi connectivity index (χ2n) is 17.5. The van der Waals surface area contributed by atoms with E-state index in [0.717, 1.165) is 106 Å². The zero-order valence-electron chi connectivity index (χ0n) is 37.0. The summed E-state index contributed by atoms with van der Waals surface area (Å²) in [5, 5.41) is 4.44. The molecule has 0 bridgehead atoms. The molecule has 13 rings (SSSR count). The highest BCUT2D eigenvalue weighted by atomic mass is 16.3. The Morgan fingerprint density at radius 2 is 0.926 bits per heavy atom. The van der Waals surface area contributed by atoms with Crippen LogP contribution in [0.25, 0.3) is 117 Å². The number of rotatable bonds is 8. The number of para-hydroxylation sites is 2. The quantitative estimate of drug-likeness (QED) is 0.153. The summed E-state index contributed by atoms with van der Waals surface area (Å²) in [4.78, 5) is 15.8. The molecule has 1 unspecified atom stereocenters. The summed E-state index contributed by atoms with van der Waals surface area (Å²) in [6, 6.07) is 75.5. The van der Waals surface area contributed by atoms with Gasteiger partial charge in [-0.25, -0.2) is 15.0 Å². The van der Waals surface area contributed by atoms with E-state index >= 15 is 0 Å². The number of furan rings is 1. The molecular formula is C63H42N4O. The van der Waals surface area contributed by atoms with Crippen molar-refractivity contribution in [2.45, 2.75) is 12.3 Å². The molecule has 1 aliphatic carbocycles. The van der Waals surface area contributed by atoms with Crippen molar-refractivity contribution in [3.05, 3.63) is 242 Å². The van der Waals surface area contributed by atoms with Crippen LogP contribution in [-0.2, 0) is 0 Å². The summed E-state index contributed by atoms with van der Waals surface area (Å²) < 4.78 is 9.39. The van der Waals surface area contributed by atoms with Gasteiger partial charge in [0.15, 0.2) is 17.2 Å². The van der Waals surface area contributed by atoms with Gasteiger partial charge < -0.3 is 8.98 Å². The SMILES string of the molecule is C1=CCC(c2nc(-c3ccccc3)nc(-c3cc(-c4ccc(-c5ccccc5)cc4)c(-n4c5ccccc5c5ccc6c7ccccc7oc6c54)c(-c4ccc(-c5ccccc5)cc4)c3)n2)C=C1. The molecular weight excluding hydrogens is 829 g/mol. The fourth-order valence-corrected chi connectivity index (χ4v) is 10.0. The van der Waals surface area contributed by atoms with Crippen molar-refractivity contribution in [3.63, 3.8) is 0 Å². The monoisotopic (exact) mass is 870 g/mol. The zero-order valence-corrected chi connectivity index (χ0v) is 37.0. The molecule has 0 fully saturated rings. The average Bonchev–Trinajstić information content (AvgIpc) is 3.97. The lowest BCUT2D eigenvalue weighted by Crippen LogP contribution is -2.08. The van der Waals surface area contributed by atoms with E-state index in [9.17, 15) is 0 Å². The van der Waals surface area contributed by atoms with Crippen molar-refractivity contribution in [1.82, 2.24) is 19.5 Å². The van der Waals surface area contributed by atoms with Gasteiger partial charge in [0.05, 0.1) is 16.7 Å². The summed E-state index contributed by atoms with van der Waals surface area (Å²) >= 11 is 0. The maximum absolute atomic E-state index is 6.94. The predicted octanol–water partition coefficient (Wildman–Crippen LogP) is 16.5. The Labute approximate surface area is 393 Å². The fraction of sp³-hybridized carbons (Fsp3) is 0.0317. The van der Waals surface area contributed by atoms with E-state index in [1.807, 2.05) is 24.3 Å². The topological polar surface area (TPSA) is 56.7 Å². The fourth-order valence-electron chi connectivity index (χ4n) is 10.0. The standard InChI is InChI=1S/C63H42N4O/c1-5-17-41(18-6-1)43-29-33-45(34-30-43)54-39-49(63-65-61(47-21-9-3-10-22-47)64-62(66-63)48-23-11-4-12-24-48)40-55(46-35-31-44(32-36-46)42-19-7-2-8-20-42)58(54)67-56-27-15-13-25-50(56)52-37-38-53-51-26-14-16-28-57(51)68-60(53)59(52)67/h1-23,25-40,48H,24H2. The van der Waals surface area contributed by atoms with Crippen LogP contribution in [0.15, 0.2) is 241 Å². The van der Waals surface area contributed by atoms with Gasteiger partial charge in [0.2, 0.25) is 0 Å². The van der Waals surface area contributed by atoms with Gasteiger partial charge in [-0.1, -0.05) is 206 Å². The first-order valence-corrected chi connectivity index (χ1v) is 23.2. The summed E-state index contributed by atoms with van der Waals surface area (Å²) in [6.45, 7) is 0. The second kappa shape index (κ2) is 16.5. The molecule has 320 valence electrons. The van der Waals surface area contributed by atoms with Crippen molar-refractivity contribution in [1.29, 1.82) is 0 Å². The third-order valence-electron chi connectivity index (χ3n) is 13.4. The molecule has 5 nitrogen and oxygen atoms in total. The number of hydrogen-bond donors (Lipinski definition) is 0. The van der Waals surface area contributed by atoms with Gasteiger partial charge in [-0.2, -0.15) is 0 Å². The highest BCUT2D eigenvalue weighted by molar-refractivity contribution is 6.22. The van der Waals surface area contributed by atoms with Crippen LogP contribution in [0.3, 0.4) is 0 Å². The average molecular weight is 871 g/mol. The van der Waals surface area contributed by atoms with Gasteiger partial charge in [0, 0.05) is 49.7 Å². The maximum Gasteiger partial charge on any atom is 0.163 e. The van der Waals surface area contributed by atoms with Crippen molar-refractivity contribution in [2.24, 2.45) is 0 Å². The van der Waals surface area contributed by atoms with Crippen LogP contribution < -0.4 is 0 Å². The van der Waals surface area contributed by atoms with Gasteiger partial charge in [-0.15, -0.1) is 0 Å².